The minimum atomic E-state index is 0.206. The SMILES string of the molecule is CCCOc1cccc(C(CN)N(C)Cc2cccs2)c1. The molecule has 2 rings (SSSR count). The number of nitrogens with two attached hydrogens (primary N) is 1. The van der Waals surface area contributed by atoms with Crippen molar-refractivity contribution in [3.05, 3.63) is 52.2 Å². The number of likely N-dealkylation sites (N-methyl/N-ethyl adjacent to an activating group) is 1. The average Bonchev–Trinajstić information content (AvgIpc) is 2.99. The molecule has 1 aromatic carbocycles. The van der Waals surface area contributed by atoms with Crippen LogP contribution < -0.4 is 10.5 Å². The van der Waals surface area contributed by atoms with Gasteiger partial charge in [0.05, 0.1) is 6.61 Å². The number of hydrogen-bond acceptors (Lipinski definition) is 4. The molecule has 0 saturated heterocycles. The van der Waals surface area contributed by atoms with Crippen molar-refractivity contribution in [1.82, 2.24) is 4.90 Å². The standard InChI is InChI=1S/C17H24N2OS/c1-3-9-20-15-7-4-6-14(11-15)17(12-18)19(2)13-16-8-5-10-21-16/h4-8,10-11,17H,3,9,12-13,18H2,1-2H3. The predicted molar refractivity (Wildman–Crippen MR) is 89.8 cm³/mol. The van der Waals surface area contributed by atoms with Crippen LogP contribution in [0.2, 0.25) is 0 Å². The smallest absolute Gasteiger partial charge is 0.119 e. The molecule has 0 aliphatic carbocycles. The summed E-state index contributed by atoms with van der Waals surface area (Å²) >= 11 is 1.78. The molecule has 1 unspecified atom stereocenters. The molecule has 0 radical (unpaired) electrons. The first-order valence-corrected chi connectivity index (χ1v) is 8.28. The van der Waals surface area contributed by atoms with E-state index in [-0.39, 0.29) is 6.04 Å². The number of nitrogens with zero attached hydrogens (tertiary/aromatic N) is 1. The van der Waals surface area contributed by atoms with Gasteiger partial charge in [0.15, 0.2) is 0 Å². The molecule has 0 bridgehead atoms. The van der Waals surface area contributed by atoms with Gasteiger partial charge < -0.3 is 10.5 Å². The molecule has 2 N–H and O–H groups in total. The van der Waals surface area contributed by atoms with Gasteiger partial charge in [-0.3, -0.25) is 4.90 Å². The highest BCUT2D eigenvalue weighted by Crippen LogP contribution is 2.25. The van der Waals surface area contributed by atoms with Crippen LogP contribution in [0.5, 0.6) is 5.75 Å². The third-order valence-electron chi connectivity index (χ3n) is 3.46. The first kappa shape index (κ1) is 16.0. The molecule has 4 heteroatoms. The van der Waals surface area contributed by atoms with Crippen LogP contribution in [0, 0.1) is 0 Å². The van der Waals surface area contributed by atoms with Gasteiger partial charge in [0, 0.05) is 24.0 Å². The fourth-order valence-corrected chi connectivity index (χ4v) is 3.13. The van der Waals surface area contributed by atoms with E-state index in [1.54, 1.807) is 11.3 Å². The van der Waals surface area contributed by atoms with Gasteiger partial charge in [-0.25, -0.2) is 0 Å². The van der Waals surface area contributed by atoms with E-state index in [0.29, 0.717) is 6.54 Å². The zero-order chi connectivity index (χ0) is 15.1. The van der Waals surface area contributed by atoms with Crippen LogP contribution in [-0.2, 0) is 6.54 Å². The van der Waals surface area contributed by atoms with Crippen LogP contribution in [-0.4, -0.2) is 25.1 Å². The average molecular weight is 304 g/mol. The molecule has 0 amide bonds. The van der Waals surface area contributed by atoms with Crippen molar-refractivity contribution in [3.63, 3.8) is 0 Å². The Balaban J connectivity index is 2.08. The monoisotopic (exact) mass is 304 g/mol. The lowest BCUT2D eigenvalue weighted by Gasteiger charge is -2.27. The second-order valence-corrected chi connectivity index (χ2v) is 6.20. The van der Waals surface area contributed by atoms with E-state index in [1.807, 2.05) is 12.1 Å². The second kappa shape index (κ2) is 8.17. The van der Waals surface area contributed by atoms with E-state index in [1.165, 1.54) is 10.4 Å². The van der Waals surface area contributed by atoms with Crippen LogP contribution in [0.1, 0.15) is 29.8 Å². The quantitative estimate of drug-likeness (QED) is 0.808. The van der Waals surface area contributed by atoms with Gasteiger partial charge in [-0.2, -0.15) is 0 Å². The van der Waals surface area contributed by atoms with Crippen LogP contribution in [0.15, 0.2) is 41.8 Å². The summed E-state index contributed by atoms with van der Waals surface area (Å²) in [6, 6.07) is 12.7. The van der Waals surface area contributed by atoms with Crippen LogP contribution in [0.3, 0.4) is 0 Å². The van der Waals surface area contributed by atoms with Crippen molar-refractivity contribution >= 4 is 11.3 Å². The third kappa shape index (κ3) is 4.56. The number of rotatable bonds is 8. The van der Waals surface area contributed by atoms with Gasteiger partial charge in [0.1, 0.15) is 5.75 Å². The van der Waals surface area contributed by atoms with Crippen molar-refractivity contribution in [2.75, 3.05) is 20.2 Å². The number of hydrogen-bond donors (Lipinski definition) is 1. The van der Waals surface area contributed by atoms with E-state index in [4.69, 9.17) is 10.5 Å². The number of ether oxygens (including phenoxy) is 1. The molecule has 0 aliphatic rings. The third-order valence-corrected chi connectivity index (χ3v) is 4.32. The second-order valence-electron chi connectivity index (χ2n) is 5.17. The Morgan fingerprint density at radius 3 is 2.81 bits per heavy atom. The van der Waals surface area contributed by atoms with Crippen molar-refractivity contribution in [1.29, 1.82) is 0 Å². The fourth-order valence-electron chi connectivity index (χ4n) is 2.36. The molecule has 114 valence electrons. The summed E-state index contributed by atoms with van der Waals surface area (Å²) in [5.41, 5.74) is 7.22. The molecule has 0 aliphatic heterocycles. The van der Waals surface area contributed by atoms with Crippen molar-refractivity contribution in [2.24, 2.45) is 5.73 Å². The lowest BCUT2D eigenvalue weighted by molar-refractivity contribution is 0.242. The van der Waals surface area contributed by atoms with Gasteiger partial charge in [-0.15, -0.1) is 11.3 Å². The van der Waals surface area contributed by atoms with E-state index < -0.39 is 0 Å². The maximum absolute atomic E-state index is 6.01. The first-order valence-electron chi connectivity index (χ1n) is 7.40. The summed E-state index contributed by atoms with van der Waals surface area (Å²) in [7, 11) is 2.12. The Morgan fingerprint density at radius 1 is 1.29 bits per heavy atom. The minimum absolute atomic E-state index is 0.206. The van der Waals surface area contributed by atoms with E-state index >= 15 is 0 Å². The van der Waals surface area contributed by atoms with Crippen LogP contribution in [0.4, 0.5) is 0 Å². The Bertz CT molecular complexity index is 527. The Kier molecular flexibility index (Phi) is 6.23. The summed E-state index contributed by atoms with van der Waals surface area (Å²) in [6.07, 6.45) is 1.02. The molecule has 2 aromatic rings. The molecule has 3 nitrogen and oxygen atoms in total. The molecular formula is C17H24N2OS. The summed E-state index contributed by atoms with van der Waals surface area (Å²) < 4.78 is 5.72. The first-order chi connectivity index (χ1) is 10.2. The summed E-state index contributed by atoms with van der Waals surface area (Å²) in [5, 5.41) is 2.11. The summed E-state index contributed by atoms with van der Waals surface area (Å²) in [6.45, 7) is 4.38. The van der Waals surface area contributed by atoms with Gasteiger partial charge in [-0.05, 0) is 42.6 Å². The largest absolute Gasteiger partial charge is 0.494 e. The lowest BCUT2D eigenvalue weighted by atomic mass is 10.1. The normalized spacial score (nSPS) is 12.6. The molecule has 1 heterocycles. The van der Waals surface area contributed by atoms with Crippen LogP contribution >= 0.6 is 11.3 Å². The van der Waals surface area contributed by atoms with Gasteiger partial charge in [-0.1, -0.05) is 25.1 Å². The Labute approximate surface area is 131 Å². The van der Waals surface area contributed by atoms with Crippen molar-refractivity contribution < 1.29 is 4.74 Å². The highest BCUT2D eigenvalue weighted by Gasteiger charge is 2.16. The zero-order valence-electron chi connectivity index (χ0n) is 12.8. The van der Waals surface area contributed by atoms with Crippen molar-refractivity contribution in [2.45, 2.75) is 25.9 Å². The van der Waals surface area contributed by atoms with E-state index in [2.05, 4.69) is 48.5 Å². The van der Waals surface area contributed by atoms with E-state index in [9.17, 15) is 0 Å². The maximum atomic E-state index is 6.01. The Morgan fingerprint density at radius 2 is 2.14 bits per heavy atom. The number of thiophene rings is 1. The molecule has 0 spiro atoms. The summed E-state index contributed by atoms with van der Waals surface area (Å²) in [4.78, 5) is 3.65. The molecule has 0 fully saturated rings. The minimum Gasteiger partial charge on any atom is -0.494 e. The Hall–Kier alpha value is -1.36. The summed E-state index contributed by atoms with van der Waals surface area (Å²) in [5.74, 6) is 0.928. The predicted octanol–water partition coefficient (Wildman–Crippen LogP) is 3.67. The zero-order valence-corrected chi connectivity index (χ0v) is 13.6. The topological polar surface area (TPSA) is 38.5 Å². The van der Waals surface area contributed by atoms with Crippen LogP contribution in [0.25, 0.3) is 0 Å². The van der Waals surface area contributed by atoms with Gasteiger partial charge >= 0.3 is 0 Å². The number of benzene rings is 1. The van der Waals surface area contributed by atoms with Crippen molar-refractivity contribution in [3.8, 4) is 5.75 Å². The van der Waals surface area contributed by atoms with Gasteiger partial charge in [0.25, 0.3) is 0 Å². The molecule has 1 aromatic heterocycles. The molecule has 1 atom stereocenters. The fraction of sp³-hybridized carbons (Fsp3) is 0.412. The maximum Gasteiger partial charge on any atom is 0.119 e. The molecular weight excluding hydrogens is 280 g/mol. The lowest BCUT2D eigenvalue weighted by Crippen LogP contribution is -2.29. The molecule has 21 heavy (non-hydrogen) atoms. The van der Waals surface area contributed by atoms with Gasteiger partial charge in [0.2, 0.25) is 0 Å². The highest BCUT2D eigenvalue weighted by atomic mass is 32.1. The highest BCUT2D eigenvalue weighted by molar-refractivity contribution is 7.09. The van der Waals surface area contributed by atoms with E-state index in [0.717, 1.165) is 25.3 Å². The molecule has 0 saturated carbocycles.